The van der Waals surface area contributed by atoms with Crippen LogP contribution in [0.1, 0.15) is 10.4 Å². The topological polar surface area (TPSA) is 43.1 Å². The van der Waals surface area contributed by atoms with E-state index in [4.69, 9.17) is 17.3 Å². The third kappa shape index (κ3) is 2.07. The van der Waals surface area contributed by atoms with Gasteiger partial charge in [-0.1, -0.05) is 48.0 Å². The van der Waals surface area contributed by atoms with Crippen LogP contribution in [0.2, 0.25) is 5.02 Å². The zero-order valence-corrected chi connectivity index (χ0v) is 9.24. The average molecular weight is 232 g/mol. The molecule has 0 radical (unpaired) electrons. The molecule has 2 aromatic carbocycles. The molecular weight excluding hydrogens is 222 g/mol. The maximum atomic E-state index is 11.3. The Bertz CT molecular complexity index is 523. The van der Waals surface area contributed by atoms with Crippen molar-refractivity contribution in [1.29, 1.82) is 0 Å². The fourth-order valence-electron chi connectivity index (χ4n) is 1.59. The largest absolute Gasteiger partial charge is 0.366 e. The molecule has 0 aliphatic heterocycles. The fourth-order valence-corrected chi connectivity index (χ4v) is 1.76. The molecule has 0 bridgehead atoms. The molecular formula is C13H10ClNO. The molecule has 2 aromatic rings. The van der Waals surface area contributed by atoms with Gasteiger partial charge in [-0.2, -0.15) is 0 Å². The zero-order valence-electron chi connectivity index (χ0n) is 8.48. The third-order valence-corrected chi connectivity index (χ3v) is 2.57. The Morgan fingerprint density at radius 1 is 1.06 bits per heavy atom. The Morgan fingerprint density at radius 3 is 2.38 bits per heavy atom. The highest BCUT2D eigenvalue weighted by atomic mass is 35.5. The number of benzene rings is 2. The minimum absolute atomic E-state index is 0.443. The number of amides is 1. The minimum atomic E-state index is -0.471. The van der Waals surface area contributed by atoms with Crippen molar-refractivity contribution < 1.29 is 4.79 Å². The predicted molar refractivity (Wildman–Crippen MR) is 65.4 cm³/mol. The Hall–Kier alpha value is -1.80. The van der Waals surface area contributed by atoms with E-state index in [2.05, 4.69) is 0 Å². The standard InChI is InChI=1S/C13H10ClNO/c14-10-6-7-11(12(8-10)13(15)16)9-4-2-1-3-5-9/h1-8H,(H2,15,16). The second-order valence-corrected chi connectivity index (χ2v) is 3.86. The summed E-state index contributed by atoms with van der Waals surface area (Å²) in [6, 6.07) is 14.7. The van der Waals surface area contributed by atoms with Gasteiger partial charge in [-0.25, -0.2) is 0 Å². The quantitative estimate of drug-likeness (QED) is 0.848. The molecule has 0 heterocycles. The van der Waals surface area contributed by atoms with Crippen LogP contribution >= 0.6 is 11.6 Å². The van der Waals surface area contributed by atoms with E-state index in [-0.39, 0.29) is 0 Å². The van der Waals surface area contributed by atoms with E-state index in [9.17, 15) is 4.79 Å². The van der Waals surface area contributed by atoms with Crippen molar-refractivity contribution >= 4 is 17.5 Å². The first-order valence-corrected chi connectivity index (χ1v) is 5.21. The van der Waals surface area contributed by atoms with E-state index in [1.165, 1.54) is 0 Å². The van der Waals surface area contributed by atoms with Crippen LogP contribution in [0.4, 0.5) is 0 Å². The lowest BCUT2D eigenvalue weighted by atomic mass is 9.99. The lowest BCUT2D eigenvalue weighted by Crippen LogP contribution is -2.12. The number of hydrogen-bond donors (Lipinski definition) is 1. The van der Waals surface area contributed by atoms with Crippen molar-refractivity contribution in [2.45, 2.75) is 0 Å². The minimum Gasteiger partial charge on any atom is -0.366 e. The van der Waals surface area contributed by atoms with E-state index in [1.807, 2.05) is 30.3 Å². The number of rotatable bonds is 2. The summed E-state index contributed by atoms with van der Waals surface area (Å²) >= 11 is 5.84. The van der Waals surface area contributed by atoms with Gasteiger partial charge < -0.3 is 5.73 Å². The molecule has 0 fully saturated rings. The summed E-state index contributed by atoms with van der Waals surface area (Å²) in [5.74, 6) is -0.471. The van der Waals surface area contributed by atoms with E-state index in [1.54, 1.807) is 18.2 Å². The smallest absolute Gasteiger partial charge is 0.249 e. The first-order valence-electron chi connectivity index (χ1n) is 4.83. The highest BCUT2D eigenvalue weighted by Gasteiger charge is 2.09. The van der Waals surface area contributed by atoms with Gasteiger partial charge in [0.05, 0.1) is 0 Å². The summed E-state index contributed by atoms with van der Waals surface area (Å²) in [7, 11) is 0. The lowest BCUT2D eigenvalue weighted by molar-refractivity contribution is 0.100. The average Bonchev–Trinajstić information content (AvgIpc) is 2.30. The Labute approximate surface area is 98.7 Å². The number of nitrogens with two attached hydrogens (primary N) is 1. The van der Waals surface area contributed by atoms with Crippen molar-refractivity contribution in [1.82, 2.24) is 0 Å². The predicted octanol–water partition coefficient (Wildman–Crippen LogP) is 3.11. The highest BCUT2D eigenvalue weighted by Crippen LogP contribution is 2.25. The Balaban J connectivity index is 2.61. The molecule has 0 unspecified atom stereocenters. The third-order valence-electron chi connectivity index (χ3n) is 2.33. The normalized spacial score (nSPS) is 10.1. The van der Waals surface area contributed by atoms with Crippen LogP contribution in [0.15, 0.2) is 48.5 Å². The molecule has 0 aliphatic carbocycles. The van der Waals surface area contributed by atoms with E-state index >= 15 is 0 Å². The van der Waals surface area contributed by atoms with Crippen molar-refractivity contribution in [2.75, 3.05) is 0 Å². The fraction of sp³-hybridized carbons (Fsp3) is 0. The van der Waals surface area contributed by atoms with E-state index in [0.717, 1.165) is 11.1 Å². The van der Waals surface area contributed by atoms with Gasteiger partial charge in [0.15, 0.2) is 0 Å². The van der Waals surface area contributed by atoms with Crippen LogP contribution in [0, 0.1) is 0 Å². The first-order chi connectivity index (χ1) is 7.68. The summed E-state index contributed by atoms with van der Waals surface area (Å²) in [6.07, 6.45) is 0. The molecule has 0 saturated heterocycles. The van der Waals surface area contributed by atoms with Gasteiger partial charge in [0.25, 0.3) is 0 Å². The van der Waals surface area contributed by atoms with Crippen LogP contribution in [0.3, 0.4) is 0 Å². The van der Waals surface area contributed by atoms with E-state index in [0.29, 0.717) is 10.6 Å². The van der Waals surface area contributed by atoms with Crippen LogP contribution in [-0.4, -0.2) is 5.91 Å². The molecule has 0 aromatic heterocycles. The SMILES string of the molecule is NC(=O)c1cc(Cl)ccc1-c1ccccc1. The monoisotopic (exact) mass is 231 g/mol. The molecule has 2 rings (SSSR count). The van der Waals surface area contributed by atoms with Crippen LogP contribution < -0.4 is 5.73 Å². The molecule has 80 valence electrons. The number of hydrogen-bond acceptors (Lipinski definition) is 1. The molecule has 2 nitrogen and oxygen atoms in total. The van der Waals surface area contributed by atoms with Gasteiger partial charge in [-0.05, 0) is 23.3 Å². The molecule has 3 heteroatoms. The summed E-state index contributed by atoms with van der Waals surface area (Å²) in [4.78, 5) is 11.3. The molecule has 2 N–H and O–H groups in total. The summed E-state index contributed by atoms with van der Waals surface area (Å²) in [5, 5.41) is 0.508. The highest BCUT2D eigenvalue weighted by molar-refractivity contribution is 6.31. The molecule has 1 amide bonds. The summed E-state index contributed by atoms with van der Waals surface area (Å²) in [5.41, 5.74) is 7.52. The van der Waals surface area contributed by atoms with Gasteiger partial charge in [0, 0.05) is 10.6 Å². The number of halogens is 1. The summed E-state index contributed by atoms with van der Waals surface area (Å²) in [6.45, 7) is 0. The molecule has 0 spiro atoms. The Kier molecular flexibility index (Phi) is 2.93. The van der Waals surface area contributed by atoms with Gasteiger partial charge in [0.1, 0.15) is 0 Å². The maximum absolute atomic E-state index is 11.3. The molecule has 16 heavy (non-hydrogen) atoms. The molecule has 0 saturated carbocycles. The van der Waals surface area contributed by atoms with E-state index < -0.39 is 5.91 Å². The second-order valence-electron chi connectivity index (χ2n) is 3.42. The number of carbonyl (C=O) groups is 1. The maximum Gasteiger partial charge on any atom is 0.249 e. The molecule has 0 aliphatic rings. The van der Waals surface area contributed by atoms with Crippen molar-refractivity contribution in [3.63, 3.8) is 0 Å². The zero-order chi connectivity index (χ0) is 11.5. The van der Waals surface area contributed by atoms with Crippen LogP contribution in [0.5, 0.6) is 0 Å². The lowest BCUT2D eigenvalue weighted by Gasteiger charge is -2.07. The first kappa shape index (κ1) is 10.7. The van der Waals surface area contributed by atoms with Crippen molar-refractivity contribution in [3.8, 4) is 11.1 Å². The van der Waals surface area contributed by atoms with Gasteiger partial charge in [0.2, 0.25) is 5.91 Å². The van der Waals surface area contributed by atoms with Gasteiger partial charge in [-0.3, -0.25) is 4.79 Å². The summed E-state index contributed by atoms with van der Waals surface area (Å²) < 4.78 is 0. The Morgan fingerprint density at radius 2 is 1.75 bits per heavy atom. The van der Waals surface area contributed by atoms with Gasteiger partial charge >= 0.3 is 0 Å². The van der Waals surface area contributed by atoms with Crippen LogP contribution in [0.25, 0.3) is 11.1 Å². The second kappa shape index (κ2) is 4.37. The van der Waals surface area contributed by atoms with Crippen molar-refractivity contribution in [2.24, 2.45) is 5.73 Å². The number of carbonyl (C=O) groups excluding carboxylic acids is 1. The molecule has 0 atom stereocenters. The number of primary amides is 1. The van der Waals surface area contributed by atoms with Crippen molar-refractivity contribution in [3.05, 3.63) is 59.1 Å². The van der Waals surface area contributed by atoms with Gasteiger partial charge in [-0.15, -0.1) is 0 Å². The van der Waals surface area contributed by atoms with Crippen LogP contribution in [-0.2, 0) is 0 Å².